The molecule has 9 heteroatoms. The van der Waals surface area contributed by atoms with Gasteiger partial charge in [0.05, 0.1) is 12.6 Å². The summed E-state index contributed by atoms with van der Waals surface area (Å²) in [6.07, 6.45) is 6.10. The minimum Gasteiger partial charge on any atom is -0.359 e. The topological polar surface area (TPSA) is 117 Å². The molecule has 2 rings (SSSR count). The number of urea groups is 1. The number of hydrogen-bond acceptors (Lipinski definition) is 5. The summed E-state index contributed by atoms with van der Waals surface area (Å²) in [5, 5.41) is 8.48. The highest BCUT2D eigenvalue weighted by Crippen LogP contribution is 2.29. The van der Waals surface area contributed by atoms with Gasteiger partial charge in [-0.05, 0) is 32.1 Å². The molecule has 176 valence electrons. The number of carbonyl (C=O) groups is 4. The van der Waals surface area contributed by atoms with Crippen molar-refractivity contribution in [1.29, 1.82) is 0 Å². The number of nitrogens with zero attached hydrogens (tertiary/aromatic N) is 1. The molecular weight excluding hydrogens is 400 g/mol. The van der Waals surface area contributed by atoms with E-state index in [-0.39, 0.29) is 24.7 Å². The second-order valence-electron chi connectivity index (χ2n) is 8.54. The predicted molar refractivity (Wildman–Crippen MR) is 116 cm³/mol. The second kappa shape index (κ2) is 12.0. The highest BCUT2D eigenvalue weighted by atomic mass is 16.5. The lowest BCUT2D eigenvalue weighted by Gasteiger charge is -2.38. The number of ketones is 1. The van der Waals surface area contributed by atoms with Crippen LogP contribution in [0.25, 0.3) is 0 Å². The molecule has 0 spiro atoms. The van der Waals surface area contributed by atoms with E-state index in [9.17, 15) is 19.2 Å². The molecule has 0 unspecified atom stereocenters. The average molecular weight is 439 g/mol. The second-order valence-corrected chi connectivity index (χ2v) is 8.54. The lowest BCUT2D eigenvalue weighted by molar-refractivity contribution is -0.141. The van der Waals surface area contributed by atoms with Crippen LogP contribution in [-0.4, -0.2) is 66.0 Å². The van der Waals surface area contributed by atoms with Crippen LogP contribution in [0.1, 0.15) is 78.6 Å². The summed E-state index contributed by atoms with van der Waals surface area (Å²) in [6.45, 7) is 6.96. The largest absolute Gasteiger partial charge is 0.359 e. The summed E-state index contributed by atoms with van der Waals surface area (Å²) in [6, 6.07) is -1.31. The van der Waals surface area contributed by atoms with Gasteiger partial charge in [-0.15, -0.1) is 0 Å². The molecule has 1 saturated carbocycles. The third kappa shape index (κ3) is 6.66. The lowest BCUT2D eigenvalue weighted by atomic mass is 9.80. The van der Waals surface area contributed by atoms with Gasteiger partial charge in [-0.1, -0.05) is 46.5 Å². The maximum atomic E-state index is 13.4. The van der Waals surface area contributed by atoms with Gasteiger partial charge in [0.1, 0.15) is 12.3 Å². The van der Waals surface area contributed by atoms with Gasteiger partial charge in [0.2, 0.25) is 11.7 Å². The van der Waals surface area contributed by atoms with E-state index in [1.807, 2.05) is 20.8 Å². The Labute approximate surface area is 185 Å². The highest BCUT2D eigenvalue weighted by Gasteiger charge is 2.43. The molecule has 0 aromatic rings. The van der Waals surface area contributed by atoms with Crippen molar-refractivity contribution in [3.8, 4) is 0 Å². The minimum atomic E-state index is -1.07. The fourth-order valence-electron chi connectivity index (χ4n) is 4.18. The molecule has 9 nitrogen and oxygen atoms in total. The summed E-state index contributed by atoms with van der Waals surface area (Å²) in [7, 11) is 0. The lowest BCUT2D eigenvalue weighted by Crippen LogP contribution is -2.64. The first-order valence-corrected chi connectivity index (χ1v) is 11.7. The van der Waals surface area contributed by atoms with Gasteiger partial charge in [0.15, 0.2) is 0 Å². The monoisotopic (exact) mass is 438 g/mol. The number of hydrogen-bond donors (Lipinski definition) is 3. The van der Waals surface area contributed by atoms with Crippen LogP contribution in [-0.2, 0) is 19.1 Å². The summed E-state index contributed by atoms with van der Waals surface area (Å²) < 4.78 is 5.24. The first-order valence-electron chi connectivity index (χ1n) is 11.7. The van der Waals surface area contributed by atoms with Crippen LogP contribution >= 0.6 is 0 Å². The van der Waals surface area contributed by atoms with E-state index in [1.165, 1.54) is 4.90 Å². The van der Waals surface area contributed by atoms with Crippen molar-refractivity contribution in [2.75, 3.05) is 19.9 Å². The van der Waals surface area contributed by atoms with E-state index in [2.05, 4.69) is 16.0 Å². The molecule has 0 aromatic heterocycles. The smallest absolute Gasteiger partial charge is 0.320 e. The van der Waals surface area contributed by atoms with Gasteiger partial charge in [-0.25, -0.2) is 4.79 Å². The molecule has 4 amide bonds. The van der Waals surface area contributed by atoms with Crippen LogP contribution < -0.4 is 16.0 Å². The normalized spacial score (nSPS) is 19.0. The fraction of sp³-hybridized carbons (Fsp3) is 0.818. The maximum absolute atomic E-state index is 13.4. The summed E-state index contributed by atoms with van der Waals surface area (Å²) in [5.41, 5.74) is -1.07. The Morgan fingerprint density at radius 2 is 1.68 bits per heavy atom. The van der Waals surface area contributed by atoms with Gasteiger partial charge in [0, 0.05) is 12.6 Å². The van der Waals surface area contributed by atoms with Crippen LogP contribution in [0.5, 0.6) is 0 Å². The van der Waals surface area contributed by atoms with Gasteiger partial charge >= 0.3 is 6.03 Å². The zero-order valence-corrected chi connectivity index (χ0v) is 19.1. The van der Waals surface area contributed by atoms with E-state index in [0.29, 0.717) is 38.8 Å². The van der Waals surface area contributed by atoms with Crippen molar-refractivity contribution >= 4 is 23.6 Å². The Hall–Kier alpha value is -2.16. The third-order valence-electron chi connectivity index (χ3n) is 6.27. The third-order valence-corrected chi connectivity index (χ3v) is 6.27. The van der Waals surface area contributed by atoms with Gasteiger partial charge in [-0.2, -0.15) is 0 Å². The molecule has 0 radical (unpaired) electrons. The van der Waals surface area contributed by atoms with Crippen molar-refractivity contribution in [1.82, 2.24) is 20.9 Å². The summed E-state index contributed by atoms with van der Waals surface area (Å²) in [4.78, 5) is 52.9. The molecule has 2 aliphatic rings. The number of ether oxygens (including phenoxy) is 1. The quantitative estimate of drug-likeness (QED) is 0.450. The first kappa shape index (κ1) is 25.1. The minimum absolute atomic E-state index is 0.0684. The molecule has 1 heterocycles. The Morgan fingerprint density at radius 1 is 1.00 bits per heavy atom. The molecule has 1 atom stereocenters. The van der Waals surface area contributed by atoms with Gasteiger partial charge < -0.3 is 20.7 Å². The average Bonchev–Trinajstić information content (AvgIpc) is 3.32. The summed E-state index contributed by atoms with van der Waals surface area (Å²) in [5.74, 6) is -1.68. The van der Waals surface area contributed by atoms with Crippen LogP contribution in [0.3, 0.4) is 0 Å². The molecular formula is C22H38N4O5. The van der Waals surface area contributed by atoms with E-state index in [0.717, 1.165) is 32.1 Å². The molecule has 31 heavy (non-hydrogen) atoms. The molecule has 2 fully saturated rings. The maximum Gasteiger partial charge on any atom is 0.320 e. The van der Waals surface area contributed by atoms with E-state index >= 15 is 0 Å². The number of carbonyl (C=O) groups excluding carboxylic acids is 4. The van der Waals surface area contributed by atoms with Crippen molar-refractivity contribution < 1.29 is 23.9 Å². The molecule has 1 aliphatic carbocycles. The van der Waals surface area contributed by atoms with Crippen LogP contribution in [0.15, 0.2) is 0 Å². The van der Waals surface area contributed by atoms with Crippen LogP contribution in [0.4, 0.5) is 4.79 Å². The summed E-state index contributed by atoms with van der Waals surface area (Å²) >= 11 is 0. The van der Waals surface area contributed by atoms with Crippen molar-refractivity contribution in [3.05, 3.63) is 0 Å². The zero-order chi connectivity index (χ0) is 22.9. The zero-order valence-electron chi connectivity index (χ0n) is 19.1. The fourth-order valence-corrected chi connectivity index (χ4v) is 4.18. The standard InChI is InChI=1S/C22H38N4O5/c1-4-10-17(18(27)19(28)23-16(5-2)6-3)24-20(29)22(11-8-7-9-12-22)25-21(30)26-13-14-31-15-26/h16-17H,4-15H2,1-3H3,(H,23,28)(H,24,29)(H,25,30)/t17-/m0/s1. The molecule has 0 bridgehead atoms. The number of amides is 4. The Kier molecular flexibility index (Phi) is 9.74. The molecule has 0 aromatic carbocycles. The van der Waals surface area contributed by atoms with Gasteiger partial charge in [-0.3, -0.25) is 19.3 Å². The SMILES string of the molecule is CCC[C@H](NC(=O)C1(NC(=O)N2CCOC2)CCCCC1)C(=O)C(=O)NC(CC)CC. The number of rotatable bonds is 10. The highest BCUT2D eigenvalue weighted by molar-refractivity contribution is 6.38. The number of Topliss-reactive ketones (excluding diaryl/α,β-unsaturated/α-hetero) is 1. The Morgan fingerprint density at radius 3 is 2.23 bits per heavy atom. The van der Waals surface area contributed by atoms with Crippen molar-refractivity contribution in [2.24, 2.45) is 0 Å². The van der Waals surface area contributed by atoms with Gasteiger partial charge in [0.25, 0.3) is 5.91 Å². The van der Waals surface area contributed by atoms with Crippen LogP contribution in [0, 0.1) is 0 Å². The molecule has 1 aliphatic heterocycles. The van der Waals surface area contributed by atoms with E-state index < -0.39 is 23.3 Å². The predicted octanol–water partition coefficient (Wildman–Crippen LogP) is 1.85. The number of nitrogens with one attached hydrogen (secondary N) is 3. The Balaban J connectivity index is 2.11. The van der Waals surface area contributed by atoms with E-state index in [1.54, 1.807) is 0 Å². The molecule has 1 saturated heterocycles. The van der Waals surface area contributed by atoms with Crippen LogP contribution in [0.2, 0.25) is 0 Å². The van der Waals surface area contributed by atoms with Crippen molar-refractivity contribution in [3.63, 3.8) is 0 Å². The van der Waals surface area contributed by atoms with Crippen molar-refractivity contribution in [2.45, 2.75) is 96.2 Å². The first-order chi connectivity index (χ1) is 14.9. The van der Waals surface area contributed by atoms with E-state index in [4.69, 9.17) is 4.74 Å². The molecule has 3 N–H and O–H groups in total. The Bertz CT molecular complexity index is 638.